The molecule has 9 nitrogen and oxygen atoms in total. The van der Waals surface area contributed by atoms with E-state index < -0.39 is 0 Å². The van der Waals surface area contributed by atoms with Gasteiger partial charge in [0.25, 0.3) is 0 Å². The summed E-state index contributed by atoms with van der Waals surface area (Å²) in [5.74, 6) is -0.382. The van der Waals surface area contributed by atoms with E-state index in [0.29, 0.717) is 5.69 Å². The van der Waals surface area contributed by atoms with Crippen LogP contribution in [-0.4, -0.2) is 31.1 Å². The van der Waals surface area contributed by atoms with Crippen LogP contribution in [0.5, 0.6) is 0 Å². The van der Waals surface area contributed by atoms with Crippen LogP contribution in [0, 0.1) is 23.7 Å². The summed E-state index contributed by atoms with van der Waals surface area (Å²) in [7, 11) is 0. The minimum Gasteiger partial charge on any atom is -0.382 e. The number of anilines is 1. The Morgan fingerprint density at radius 1 is 1.30 bits per heavy atom. The Labute approximate surface area is 156 Å². The SMILES string of the molecule is CCn1cc(-c2ccn(-c3ccc(N/N=C(\C#N)C(=N)N)cc3)n2)c(C)n1. The van der Waals surface area contributed by atoms with Crippen LogP contribution >= 0.6 is 0 Å². The molecule has 0 saturated carbocycles. The van der Waals surface area contributed by atoms with E-state index >= 15 is 0 Å². The Morgan fingerprint density at radius 3 is 2.63 bits per heavy atom. The molecule has 0 spiro atoms. The summed E-state index contributed by atoms with van der Waals surface area (Å²) in [6.45, 7) is 4.83. The fraction of sp³-hybridized carbons (Fsp3) is 0.167. The second-order valence-corrected chi connectivity index (χ2v) is 5.77. The molecule has 2 aromatic heterocycles. The predicted molar refractivity (Wildman–Crippen MR) is 104 cm³/mol. The molecule has 2 heterocycles. The Morgan fingerprint density at radius 2 is 2.04 bits per heavy atom. The van der Waals surface area contributed by atoms with Crippen molar-refractivity contribution in [3.63, 3.8) is 0 Å². The molecule has 0 radical (unpaired) electrons. The number of benzene rings is 1. The lowest BCUT2D eigenvalue weighted by Crippen LogP contribution is -2.21. The standard InChI is InChI=1S/C18H19N9/c1-3-26-11-15(12(2)24-26)16-8-9-27(25-16)14-6-4-13(5-7-14)22-23-17(10-19)18(20)21/h4-9,11,22H,3H2,1-2H3,(H3,20,21)/b23-17+. The number of nitrogens with two attached hydrogens (primary N) is 1. The van der Waals surface area contributed by atoms with Crippen molar-refractivity contribution in [1.29, 1.82) is 10.7 Å². The largest absolute Gasteiger partial charge is 0.382 e. The molecule has 0 saturated heterocycles. The molecule has 0 aliphatic heterocycles. The topological polar surface area (TPSA) is 134 Å². The molecule has 4 N–H and O–H groups in total. The molecule has 27 heavy (non-hydrogen) atoms. The number of hydrogen-bond donors (Lipinski definition) is 3. The van der Waals surface area contributed by atoms with Gasteiger partial charge in [-0.25, -0.2) is 4.68 Å². The van der Waals surface area contributed by atoms with Crippen LogP contribution in [0.2, 0.25) is 0 Å². The number of aryl methyl sites for hydroxylation is 2. The van der Waals surface area contributed by atoms with Crippen molar-refractivity contribution < 1.29 is 0 Å². The fourth-order valence-corrected chi connectivity index (χ4v) is 2.50. The number of aromatic nitrogens is 4. The average molecular weight is 361 g/mol. The lowest BCUT2D eigenvalue weighted by molar-refractivity contribution is 0.653. The Balaban J connectivity index is 1.78. The summed E-state index contributed by atoms with van der Waals surface area (Å²) in [6.07, 6.45) is 3.89. The first-order valence-corrected chi connectivity index (χ1v) is 8.30. The zero-order valence-electron chi connectivity index (χ0n) is 15.0. The minimum absolute atomic E-state index is 0.168. The van der Waals surface area contributed by atoms with Crippen molar-refractivity contribution in [2.45, 2.75) is 20.4 Å². The maximum Gasteiger partial charge on any atom is 0.201 e. The minimum atomic E-state index is -0.382. The van der Waals surface area contributed by atoms with E-state index in [1.165, 1.54) is 0 Å². The monoisotopic (exact) mass is 361 g/mol. The Hall–Kier alpha value is -3.93. The highest BCUT2D eigenvalue weighted by atomic mass is 15.3. The van der Waals surface area contributed by atoms with E-state index in [0.717, 1.165) is 29.2 Å². The van der Waals surface area contributed by atoms with Crippen molar-refractivity contribution in [3.8, 4) is 23.0 Å². The maximum atomic E-state index is 8.84. The molecular weight excluding hydrogens is 342 g/mol. The van der Waals surface area contributed by atoms with Gasteiger partial charge in [-0.3, -0.25) is 15.5 Å². The van der Waals surface area contributed by atoms with Crippen LogP contribution in [-0.2, 0) is 6.54 Å². The molecule has 0 amide bonds. The van der Waals surface area contributed by atoms with Gasteiger partial charge in [-0.1, -0.05) is 0 Å². The van der Waals surface area contributed by atoms with Gasteiger partial charge in [-0.2, -0.15) is 20.6 Å². The van der Waals surface area contributed by atoms with Crippen LogP contribution < -0.4 is 11.2 Å². The Kier molecular flexibility index (Phi) is 4.99. The molecule has 0 unspecified atom stereocenters. The van der Waals surface area contributed by atoms with Crippen molar-refractivity contribution in [1.82, 2.24) is 19.6 Å². The van der Waals surface area contributed by atoms with Crippen LogP contribution in [0.3, 0.4) is 0 Å². The number of hydrogen-bond acceptors (Lipinski definition) is 6. The molecule has 3 aromatic rings. The van der Waals surface area contributed by atoms with Gasteiger partial charge in [-0.05, 0) is 44.2 Å². The first kappa shape index (κ1) is 17.9. The Bertz CT molecular complexity index is 1030. The van der Waals surface area contributed by atoms with Crippen molar-refractivity contribution in [3.05, 3.63) is 48.4 Å². The second kappa shape index (κ2) is 7.53. The van der Waals surface area contributed by atoms with Gasteiger partial charge in [0.2, 0.25) is 5.71 Å². The summed E-state index contributed by atoms with van der Waals surface area (Å²) >= 11 is 0. The van der Waals surface area contributed by atoms with E-state index in [-0.39, 0.29) is 11.5 Å². The van der Waals surface area contributed by atoms with Gasteiger partial charge in [0.15, 0.2) is 5.84 Å². The second-order valence-electron chi connectivity index (χ2n) is 5.77. The lowest BCUT2D eigenvalue weighted by atomic mass is 10.2. The van der Waals surface area contributed by atoms with E-state index in [4.69, 9.17) is 16.4 Å². The van der Waals surface area contributed by atoms with Crippen LogP contribution in [0.1, 0.15) is 12.6 Å². The number of rotatable bonds is 6. The van der Waals surface area contributed by atoms with Gasteiger partial charge in [0, 0.05) is 24.5 Å². The van der Waals surface area contributed by atoms with Gasteiger partial charge in [-0.15, -0.1) is 0 Å². The highest BCUT2D eigenvalue weighted by Crippen LogP contribution is 2.22. The predicted octanol–water partition coefficient (Wildman–Crippen LogP) is 2.29. The average Bonchev–Trinajstić information content (AvgIpc) is 3.29. The molecule has 1 aromatic carbocycles. The maximum absolute atomic E-state index is 8.84. The van der Waals surface area contributed by atoms with Crippen molar-refractivity contribution in [2.75, 3.05) is 5.43 Å². The number of nitrogens with one attached hydrogen (secondary N) is 2. The number of hydrazone groups is 1. The summed E-state index contributed by atoms with van der Waals surface area (Å²) in [5, 5.41) is 29.0. The number of nitriles is 1. The van der Waals surface area contributed by atoms with Crippen LogP contribution in [0.15, 0.2) is 47.8 Å². The van der Waals surface area contributed by atoms with Gasteiger partial charge < -0.3 is 5.73 Å². The fourth-order valence-electron chi connectivity index (χ4n) is 2.50. The molecule has 9 heteroatoms. The third kappa shape index (κ3) is 3.85. The zero-order valence-corrected chi connectivity index (χ0v) is 15.0. The highest BCUT2D eigenvalue weighted by Gasteiger charge is 2.10. The van der Waals surface area contributed by atoms with Crippen molar-refractivity contribution >= 4 is 17.2 Å². The summed E-state index contributed by atoms with van der Waals surface area (Å²) in [6, 6.07) is 11.1. The van der Waals surface area contributed by atoms with Crippen molar-refractivity contribution in [2.24, 2.45) is 10.8 Å². The molecule has 0 fully saturated rings. The van der Waals surface area contributed by atoms with Crippen LogP contribution in [0.4, 0.5) is 5.69 Å². The molecule has 0 aliphatic rings. The van der Waals surface area contributed by atoms with Gasteiger partial charge in [0.1, 0.15) is 6.07 Å². The van der Waals surface area contributed by atoms with E-state index in [1.807, 2.05) is 49.1 Å². The molecule has 0 aliphatic carbocycles. The molecule has 0 bridgehead atoms. The zero-order chi connectivity index (χ0) is 19.4. The normalized spacial score (nSPS) is 11.2. The number of nitrogens with zero attached hydrogens (tertiary/aromatic N) is 6. The van der Waals surface area contributed by atoms with E-state index in [2.05, 4.69) is 20.7 Å². The van der Waals surface area contributed by atoms with Crippen LogP contribution in [0.25, 0.3) is 16.9 Å². The smallest absolute Gasteiger partial charge is 0.201 e. The molecule has 136 valence electrons. The van der Waals surface area contributed by atoms with Gasteiger partial charge >= 0.3 is 0 Å². The first-order chi connectivity index (χ1) is 13.0. The summed E-state index contributed by atoms with van der Waals surface area (Å²) in [5.41, 5.74) is 12.2. The summed E-state index contributed by atoms with van der Waals surface area (Å²) < 4.78 is 3.67. The first-order valence-electron chi connectivity index (χ1n) is 8.30. The van der Waals surface area contributed by atoms with E-state index in [1.54, 1.807) is 22.9 Å². The molecule has 3 rings (SSSR count). The number of amidine groups is 1. The molecular formula is C18H19N9. The summed E-state index contributed by atoms with van der Waals surface area (Å²) in [4.78, 5) is 0. The highest BCUT2D eigenvalue weighted by molar-refractivity contribution is 6.45. The van der Waals surface area contributed by atoms with E-state index in [9.17, 15) is 0 Å². The van der Waals surface area contributed by atoms with Gasteiger partial charge in [0.05, 0.1) is 22.8 Å². The third-order valence-electron chi connectivity index (χ3n) is 3.93. The third-order valence-corrected chi connectivity index (χ3v) is 3.93. The lowest BCUT2D eigenvalue weighted by Gasteiger charge is -2.04. The quantitative estimate of drug-likeness (QED) is 0.352. The molecule has 0 atom stereocenters.